The second-order valence-electron chi connectivity index (χ2n) is 20.7. The number of amides is 5. The second kappa shape index (κ2) is 22.1. The maximum absolute atomic E-state index is 14.6. The zero-order chi connectivity index (χ0) is 52.2. The van der Waals surface area contributed by atoms with Crippen molar-refractivity contribution in [2.24, 2.45) is 0 Å². The molecule has 0 bridgehead atoms. The van der Waals surface area contributed by atoms with Gasteiger partial charge in [0, 0.05) is 79.7 Å². The van der Waals surface area contributed by atoms with E-state index in [4.69, 9.17) is 43.0 Å². The normalized spacial score (nSPS) is 18.2. The average molecular weight is 1040 g/mol. The Labute approximate surface area is 427 Å². The van der Waals surface area contributed by atoms with E-state index in [1.165, 1.54) is 33.8 Å². The van der Waals surface area contributed by atoms with Crippen LogP contribution in [0.1, 0.15) is 45.5 Å². The van der Waals surface area contributed by atoms with Crippen LogP contribution in [0.4, 0.5) is 16.2 Å². The summed E-state index contributed by atoms with van der Waals surface area (Å²) >= 11 is 0. The number of rotatable bonds is 22. The first-order valence-electron chi connectivity index (χ1n) is 24.4. The van der Waals surface area contributed by atoms with Crippen LogP contribution >= 0.6 is 0 Å². The predicted molar refractivity (Wildman–Crippen MR) is 277 cm³/mol. The summed E-state index contributed by atoms with van der Waals surface area (Å²) in [6, 6.07) is 12.1. The molecular weight excluding hydrogens is 975 g/mol. The molecular formula is C52H65N5O14Si2. The Morgan fingerprint density at radius 1 is 0.699 bits per heavy atom. The molecule has 5 amide bonds. The number of ether oxygens (including phenoxy) is 8. The number of fused-ring (bicyclic) bond motifs is 5. The molecule has 5 aliphatic rings. The minimum Gasteiger partial charge on any atom is -0.493 e. The van der Waals surface area contributed by atoms with Crippen LogP contribution in [-0.4, -0.2) is 140 Å². The lowest BCUT2D eigenvalue weighted by Gasteiger charge is -2.27. The van der Waals surface area contributed by atoms with Gasteiger partial charge < -0.3 is 58.1 Å². The Balaban J connectivity index is 1.00. The first-order chi connectivity index (χ1) is 34.8. The number of hydrogen-bond donors (Lipinski definition) is 2. The Bertz CT molecular complexity index is 2730. The summed E-state index contributed by atoms with van der Waals surface area (Å²) in [7, 11) is 0.0124. The number of nitrogens with zero attached hydrogens (tertiary/aromatic N) is 4. The third-order valence-corrected chi connectivity index (χ3v) is 16.4. The molecule has 8 rings (SSSR count). The van der Waals surface area contributed by atoms with Gasteiger partial charge in [-0.15, -0.1) is 0 Å². The van der Waals surface area contributed by atoms with Crippen LogP contribution in [0.15, 0.2) is 72.6 Å². The maximum atomic E-state index is 14.6. The van der Waals surface area contributed by atoms with Gasteiger partial charge in [0.25, 0.3) is 23.6 Å². The molecule has 0 aliphatic carbocycles. The molecule has 0 saturated carbocycles. The van der Waals surface area contributed by atoms with E-state index in [9.17, 15) is 24.0 Å². The molecule has 21 heteroatoms. The van der Waals surface area contributed by atoms with Gasteiger partial charge in [0.05, 0.1) is 49.9 Å². The van der Waals surface area contributed by atoms with Crippen LogP contribution in [0.5, 0.6) is 34.5 Å². The molecule has 0 fully saturated rings. The van der Waals surface area contributed by atoms with Crippen LogP contribution in [0.2, 0.25) is 51.4 Å². The first kappa shape index (κ1) is 52.5. The highest BCUT2D eigenvalue weighted by Crippen LogP contribution is 2.44. The highest BCUT2D eigenvalue weighted by Gasteiger charge is 2.45. The zero-order valence-electron chi connectivity index (χ0n) is 42.7. The maximum Gasteiger partial charge on any atom is 0.404 e. The quantitative estimate of drug-likeness (QED) is 0.0729. The van der Waals surface area contributed by atoms with E-state index in [0.29, 0.717) is 65.3 Å². The molecule has 0 saturated heterocycles. The number of benzene rings is 3. The smallest absolute Gasteiger partial charge is 0.404 e. The molecule has 73 heavy (non-hydrogen) atoms. The molecule has 2 atom stereocenters. The lowest BCUT2D eigenvalue weighted by Crippen LogP contribution is -2.45. The third-order valence-electron chi connectivity index (χ3n) is 13.0. The first-order valence-corrected chi connectivity index (χ1v) is 31.8. The van der Waals surface area contributed by atoms with Crippen molar-refractivity contribution in [2.75, 3.05) is 77.2 Å². The Kier molecular flexibility index (Phi) is 15.9. The fourth-order valence-electron chi connectivity index (χ4n) is 8.89. The number of hydrogen-bond acceptors (Lipinski definition) is 13. The summed E-state index contributed by atoms with van der Waals surface area (Å²) in [6.07, 6.45) is 6.37. The summed E-state index contributed by atoms with van der Waals surface area (Å²) in [5.74, 6) is 0.975. The van der Waals surface area contributed by atoms with Crippen LogP contribution in [0.3, 0.4) is 0 Å². The van der Waals surface area contributed by atoms with Crippen molar-refractivity contribution in [2.45, 2.75) is 82.7 Å². The molecule has 0 spiro atoms. The van der Waals surface area contributed by atoms with Gasteiger partial charge in [-0.2, -0.15) is 0 Å². The van der Waals surface area contributed by atoms with Gasteiger partial charge in [-0.1, -0.05) is 57.5 Å². The highest BCUT2D eigenvalue weighted by molar-refractivity contribution is 6.76. The Morgan fingerprint density at radius 3 is 1.77 bits per heavy atom. The van der Waals surface area contributed by atoms with Crippen LogP contribution in [0.25, 0.3) is 5.57 Å². The van der Waals surface area contributed by atoms with Gasteiger partial charge in [0.1, 0.15) is 25.5 Å². The lowest BCUT2D eigenvalue weighted by atomic mass is 10.0. The average Bonchev–Trinajstić information content (AvgIpc) is 4.11. The molecule has 0 aromatic heterocycles. The SMILES string of the molecule is COc1cc2c(cc1OCCCOc1cc3c(cc1OC)C(=O)N1C=C(c4ccc5c(c4)OCO5)C[C@H]1C(=O)N3COCC[Si](C)(C)C)N(COCC[Si](C)(C)C)C(=O)[C@@H]1CC(C=CCNC(=O)O)=CN1C2=O. The largest absolute Gasteiger partial charge is 0.493 e. The van der Waals surface area contributed by atoms with E-state index in [-0.39, 0.29) is 87.5 Å². The fraction of sp³-hybridized carbons (Fsp3) is 0.442. The van der Waals surface area contributed by atoms with E-state index in [0.717, 1.165) is 23.2 Å². The van der Waals surface area contributed by atoms with Crippen molar-refractivity contribution < 1.29 is 67.0 Å². The van der Waals surface area contributed by atoms with Gasteiger partial charge in [-0.3, -0.25) is 29.0 Å². The molecule has 19 nitrogen and oxygen atoms in total. The third kappa shape index (κ3) is 12.0. The molecule has 5 aliphatic heterocycles. The number of carbonyl (C=O) groups is 5. The molecule has 5 heterocycles. The van der Waals surface area contributed by atoms with Crippen molar-refractivity contribution in [1.29, 1.82) is 0 Å². The minimum atomic E-state index is -1.47. The number of carbonyl (C=O) groups excluding carboxylic acids is 4. The van der Waals surface area contributed by atoms with Gasteiger partial charge in [0.2, 0.25) is 6.79 Å². The summed E-state index contributed by atoms with van der Waals surface area (Å²) in [6.45, 7) is 14.6. The topological polar surface area (TPSA) is 204 Å². The number of allylic oxidation sites excluding steroid dienone is 1. The number of methoxy groups -OCH3 is 2. The molecule has 0 radical (unpaired) electrons. The van der Waals surface area contributed by atoms with Crippen molar-refractivity contribution in [3.05, 3.63) is 89.3 Å². The summed E-state index contributed by atoms with van der Waals surface area (Å²) in [4.78, 5) is 74.7. The molecule has 0 unspecified atom stereocenters. The van der Waals surface area contributed by atoms with E-state index in [2.05, 4.69) is 44.6 Å². The van der Waals surface area contributed by atoms with Crippen molar-refractivity contribution in [1.82, 2.24) is 15.1 Å². The standard InChI is InChI=1S/C52H65N5O14Si2/c1-64-43-24-36-38(56(30-66-17-19-72(3,4)5)50(60)40-21-33(28-54(40)48(36)58)11-9-14-53-52(62)63)26-46(43)68-15-10-16-69-47-27-39-37(25-44(47)65-2)49(59)55-29-35(34-12-13-42-45(23-34)71-32-70-42)22-41(55)51(61)57(39)31-67-18-20-73(6,7)8/h9,11-13,23-29,40-41,53H,10,14-22,30-32H2,1-8H3,(H,62,63)/t40-,41-/m0/s1. The Hall–Kier alpha value is -6.82. The number of anilines is 2. The monoisotopic (exact) mass is 1040 g/mol. The Morgan fingerprint density at radius 2 is 1.23 bits per heavy atom. The highest BCUT2D eigenvalue weighted by atomic mass is 28.3. The van der Waals surface area contributed by atoms with E-state index >= 15 is 0 Å². The van der Waals surface area contributed by atoms with Crippen molar-refractivity contribution >= 4 is 62.8 Å². The summed E-state index contributed by atoms with van der Waals surface area (Å²) in [5.41, 5.74) is 3.43. The summed E-state index contributed by atoms with van der Waals surface area (Å²) < 4.78 is 47.6. The van der Waals surface area contributed by atoms with Gasteiger partial charge in [0.15, 0.2) is 34.5 Å². The zero-order valence-corrected chi connectivity index (χ0v) is 44.7. The fourth-order valence-corrected chi connectivity index (χ4v) is 10.4. The van der Waals surface area contributed by atoms with Crippen LogP contribution < -0.4 is 43.5 Å². The predicted octanol–water partition coefficient (Wildman–Crippen LogP) is 7.78. The molecule has 3 aromatic carbocycles. The summed E-state index contributed by atoms with van der Waals surface area (Å²) in [5, 5.41) is 11.2. The molecule has 390 valence electrons. The van der Waals surface area contributed by atoms with Crippen molar-refractivity contribution in [3.8, 4) is 34.5 Å². The lowest BCUT2D eigenvalue weighted by molar-refractivity contribution is -0.123. The van der Waals surface area contributed by atoms with Gasteiger partial charge in [-0.25, -0.2) is 4.79 Å². The van der Waals surface area contributed by atoms with Gasteiger partial charge in [-0.05, 0) is 53.1 Å². The van der Waals surface area contributed by atoms with Crippen LogP contribution in [-0.2, 0) is 19.1 Å². The minimum absolute atomic E-state index is 0.0651. The van der Waals surface area contributed by atoms with E-state index in [1.807, 2.05) is 18.2 Å². The molecule has 2 N–H and O–H groups in total. The second-order valence-corrected chi connectivity index (χ2v) is 31.9. The van der Waals surface area contributed by atoms with Crippen LogP contribution in [0, 0.1) is 0 Å². The van der Waals surface area contributed by atoms with Crippen molar-refractivity contribution in [3.63, 3.8) is 0 Å². The number of carboxylic acid groups (broad SMARTS) is 1. The van der Waals surface area contributed by atoms with Gasteiger partial charge >= 0.3 is 6.09 Å². The van der Waals surface area contributed by atoms with E-state index in [1.54, 1.807) is 48.8 Å². The van der Waals surface area contributed by atoms with E-state index < -0.39 is 40.2 Å². The molecule has 3 aromatic rings. The number of nitrogens with one attached hydrogen (secondary N) is 1.